The largest absolute Gasteiger partial charge is 0.496 e. The van der Waals surface area contributed by atoms with Crippen molar-refractivity contribution in [2.24, 2.45) is 5.92 Å². The molecule has 3 aromatic rings. The number of nitrogens with zero attached hydrogens (tertiary/aromatic N) is 4. The molecule has 0 saturated carbocycles. The van der Waals surface area contributed by atoms with E-state index in [2.05, 4.69) is 17.1 Å². The summed E-state index contributed by atoms with van der Waals surface area (Å²) in [7, 11) is 1.64. The number of methoxy groups -OCH3 is 1. The number of ether oxygens (including phenoxy) is 1. The van der Waals surface area contributed by atoms with Crippen molar-refractivity contribution in [3.8, 4) is 17.1 Å². The van der Waals surface area contributed by atoms with E-state index < -0.39 is 0 Å². The fraction of sp³-hybridized carbons (Fsp3) is 0.429. The highest BCUT2D eigenvalue weighted by Crippen LogP contribution is 2.32. The number of benzene rings is 2. The molecule has 0 unspecified atom stereocenters. The minimum absolute atomic E-state index is 0.0117. The number of hydrogen-bond acceptors (Lipinski definition) is 6. The summed E-state index contributed by atoms with van der Waals surface area (Å²) in [6.45, 7) is 7.75. The van der Waals surface area contributed by atoms with Crippen molar-refractivity contribution in [1.29, 1.82) is 0 Å². The smallest absolute Gasteiger partial charge is 0.230 e. The van der Waals surface area contributed by atoms with Crippen molar-refractivity contribution >= 4 is 17.5 Å². The van der Waals surface area contributed by atoms with Crippen LogP contribution in [0.15, 0.2) is 40.9 Å². The molecule has 2 aliphatic rings. The van der Waals surface area contributed by atoms with Gasteiger partial charge in [-0.25, -0.2) is 0 Å². The molecule has 36 heavy (non-hydrogen) atoms. The molecule has 2 aromatic carbocycles. The van der Waals surface area contributed by atoms with Crippen LogP contribution in [0.1, 0.15) is 47.8 Å². The van der Waals surface area contributed by atoms with E-state index in [1.807, 2.05) is 55.1 Å². The van der Waals surface area contributed by atoms with Gasteiger partial charge in [-0.2, -0.15) is 4.98 Å². The molecule has 0 N–H and O–H groups in total. The number of amides is 2. The molecular weight excluding hydrogens is 456 g/mol. The molecule has 0 spiro atoms. The lowest BCUT2D eigenvalue weighted by atomic mass is 9.95. The molecule has 2 fully saturated rings. The van der Waals surface area contributed by atoms with Gasteiger partial charge in [-0.3, -0.25) is 9.59 Å². The lowest BCUT2D eigenvalue weighted by molar-refractivity contribution is -0.136. The summed E-state index contributed by atoms with van der Waals surface area (Å²) in [5, 5.41) is 4.18. The van der Waals surface area contributed by atoms with Crippen LogP contribution >= 0.6 is 0 Å². The third kappa shape index (κ3) is 4.59. The Morgan fingerprint density at radius 3 is 2.50 bits per heavy atom. The van der Waals surface area contributed by atoms with Gasteiger partial charge in [0, 0.05) is 43.2 Å². The average Bonchev–Trinajstić information content (AvgIpc) is 3.53. The Morgan fingerprint density at radius 1 is 1.03 bits per heavy atom. The van der Waals surface area contributed by atoms with Crippen LogP contribution in [0.2, 0.25) is 0 Å². The van der Waals surface area contributed by atoms with E-state index >= 15 is 0 Å². The van der Waals surface area contributed by atoms with Crippen LogP contribution in [0.3, 0.4) is 0 Å². The second-order valence-corrected chi connectivity index (χ2v) is 9.91. The standard InChI is InChI=1S/C28H32N4O4/c1-17-6-8-23(13-19(17)3)32-16-22(15-25(32)33)28(34)31-11-9-20(10-12-31)27-29-26(30-36-27)21-7-5-18(2)24(14-21)35-4/h5-8,13-14,20,22H,9-12,15-16H2,1-4H3/t22-/m0/s1. The second-order valence-electron chi connectivity index (χ2n) is 9.91. The van der Waals surface area contributed by atoms with E-state index in [0.29, 0.717) is 31.3 Å². The van der Waals surface area contributed by atoms with Gasteiger partial charge >= 0.3 is 0 Å². The SMILES string of the molecule is COc1cc(-c2noc(C3CCN(C(=O)[C@H]4CC(=O)N(c5ccc(C)c(C)c5)C4)CC3)n2)ccc1C. The first-order valence-corrected chi connectivity index (χ1v) is 12.5. The summed E-state index contributed by atoms with van der Waals surface area (Å²) in [6.07, 6.45) is 1.77. The summed E-state index contributed by atoms with van der Waals surface area (Å²) >= 11 is 0. The first-order valence-electron chi connectivity index (χ1n) is 12.5. The molecule has 2 saturated heterocycles. The van der Waals surface area contributed by atoms with Gasteiger partial charge in [0.15, 0.2) is 0 Å². The fourth-order valence-electron chi connectivity index (χ4n) is 5.10. The number of piperidine rings is 1. The molecule has 8 heteroatoms. The van der Waals surface area contributed by atoms with E-state index in [1.54, 1.807) is 12.0 Å². The van der Waals surface area contributed by atoms with Crippen molar-refractivity contribution in [1.82, 2.24) is 15.0 Å². The van der Waals surface area contributed by atoms with Gasteiger partial charge in [-0.05, 0) is 68.5 Å². The van der Waals surface area contributed by atoms with Crippen LogP contribution in [-0.4, -0.2) is 53.6 Å². The number of aryl methyl sites for hydroxylation is 3. The summed E-state index contributed by atoms with van der Waals surface area (Å²) in [5.41, 5.74) is 5.09. The molecular formula is C28H32N4O4. The van der Waals surface area contributed by atoms with Gasteiger partial charge in [-0.15, -0.1) is 0 Å². The minimum atomic E-state index is -0.304. The van der Waals surface area contributed by atoms with Crippen LogP contribution in [-0.2, 0) is 9.59 Å². The predicted molar refractivity (Wildman–Crippen MR) is 136 cm³/mol. The highest BCUT2D eigenvalue weighted by Gasteiger charge is 2.38. The fourth-order valence-corrected chi connectivity index (χ4v) is 5.10. The van der Waals surface area contributed by atoms with Crippen molar-refractivity contribution in [2.45, 2.75) is 46.0 Å². The summed E-state index contributed by atoms with van der Waals surface area (Å²) < 4.78 is 11.0. The molecule has 8 nitrogen and oxygen atoms in total. The minimum Gasteiger partial charge on any atom is -0.496 e. The lowest BCUT2D eigenvalue weighted by Crippen LogP contribution is -2.42. The van der Waals surface area contributed by atoms with Crippen molar-refractivity contribution in [3.05, 3.63) is 59.0 Å². The molecule has 188 valence electrons. The Kier molecular flexibility index (Phi) is 6.51. The van der Waals surface area contributed by atoms with Crippen molar-refractivity contribution in [3.63, 3.8) is 0 Å². The van der Waals surface area contributed by atoms with Gasteiger partial charge < -0.3 is 19.1 Å². The molecule has 3 heterocycles. The zero-order valence-electron chi connectivity index (χ0n) is 21.3. The zero-order valence-corrected chi connectivity index (χ0v) is 21.3. The molecule has 5 rings (SSSR count). The maximum Gasteiger partial charge on any atom is 0.230 e. The molecule has 2 amide bonds. The van der Waals surface area contributed by atoms with Gasteiger partial charge in [-0.1, -0.05) is 23.4 Å². The van der Waals surface area contributed by atoms with E-state index in [1.165, 1.54) is 5.56 Å². The first kappa shape index (κ1) is 24.0. The Labute approximate surface area is 211 Å². The summed E-state index contributed by atoms with van der Waals surface area (Å²) in [6, 6.07) is 11.9. The molecule has 1 atom stereocenters. The van der Waals surface area contributed by atoms with E-state index in [4.69, 9.17) is 9.26 Å². The Balaban J connectivity index is 1.19. The zero-order chi connectivity index (χ0) is 25.4. The summed E-state index contributed by atoms with van der Waals surface area (Å²) in [4.78, 5) is 34.2. The number of hydrogen-bond donors (Lipinski definition) is 0. The monoisotopic (exact) mass is 488 g/mol. The second kappa shape index (κ2) is 9.76. The number of likely N-dealkylation sites (tertiary alicyclic amines) is 1. The Hall–Kier alpha value is -3.68. The van der Waals surface area contributed by atoms with Crippen molar-refractivity contribution in [2.75, 3.05) is 31.6 Å². The average molecular weight is 489 g/mol. The lowest BCUT2D eigenvalue weighted by Gasteiger charge is -2.32. The topological polar surface area (TPSA) is 88.8 Å². The molecule has 1 aromatic heterocycles. The third-order valence-corrected chi connectivity index (χ3v) is 7.54. The maximum absolute atomic E-state index is 13.2. The van der Waals surface area contributed by atoms with E-state index in [-0.39, 0.29) is 30.1 Å². The molecule has 0 aliphatic carbocycles. The molecule has 0 radical (unpaired) electrons. The van der Waals surface area contributed by atoms with Crippen LogP contribution in [0.5, 0.6) is 5.75 Å². The van der Waals surface area contributed by atoms with Gasteiger partial charge in [0.05, 0.1) is 13.0 Å². The third-order valence-electron chi connectivity index (χ3n) is 7.54. The van der Waals surface area contributed by atoms with E-state index in [0.717, 1.165) is 41.0 Å². The van der Waals surface area contributed by atoms with Crippen LogP contribution < -0.4 is 9.64 Å². The number of anilines is 1. The number of carbonyl (C=O) groups excluding carboxylic acids is 2. The van der Waals surface area contributed by atoms with Gasteiger partial charge in [0.2, 0.25) is 23.5 Å². The van der Waals surface area contributed by atoms with E-state index in [9.17, 15) is 9.59 Å². The maximum atomic E-state index is 13.2. The van der Waals surface area contributed by atoms with Crippen molar-refractivity contribution < 1.29 is 18.8 Å². The normalized spacial score (nSPS) is 18.7. The number of carbonyl (C=O) groups is 2. The molecule has 0 bridgehead atoms. The molecule has 2 aliphatic heterocycles. The Bertz CT molecular complexity index is 1290. The van der Waals surface area contributed by atoms with Gasteiger partial charge in [0.1, 0.15) is 5.75 Å². The first-order chi connectivity index (χ1) is 17.3. The number of aromatic nitrogens is 2. The van der Waals surface area contributed by atoms with Crippen LogP contribution in [0.4, 0.5) is 5.69 Å². The highest BCUT2D eigenvalue weighted by atomic mass is 16.5. The highest BCUT2D eigenvalue weighted by molar-refractivity contribution is 6.00. The summed E-state index contributed by atoms with van der Waals surface area (Å²) in [5.74, 6) is 1.81. The quantitative estimate of drug-likeness (QED) is 0.528. The number of rotatable bonds is 5. The predicted octanol–water partition coefficient (Wildman–Crippen LogP) is 4.43. The van der Waals surface area contributed by atoms with Crippen LogP contribution in [0.25, 0.3) is 11.4 Å². The van der Waals surface area contributed by atoms with Crippen LogP contribution in [0, 0.1) is 26.7 Å². The Morgan fingerprint density at radius 2 is 1.78 bits per heavy atom. The van der Waals surface area contributed by atoms with Gasteiger partial charge in [0.25, 0.3) is 0 Å².